The summed E-state index contributed by atoms with van der Waals surface area (Å²) >= 11 is 0. The summed E-state index contributed by atoms with van der Waals surface area (Å²) in [6.07, 6.45) is 10.6. The van der Waals surface area contributed by atoms with Crippen LogP contribution in [0.15, 0.2) is 0 Å². The van der Waals surface area contributed by atoms with Gasteiger partial charge in [-0.2, -0.15) is 0 Å². The van der Waals surface area contributed by atoms with E-state index < -0.39 is 0 Å². The van der Waals surface area contributed by atoms with Gasteiger partial charge < -0.3 is 11.1 Å². The van der Waals surface area contributed by atoms with Gasteiger partial charge in [0.25, 0.3) is 0 Å². The van der Waals surface area contributed by atoms with Crippen LogP contribution in [0.2, 0.25) is 0 Å². The Bertz CT molecular complexity index is 160. The standard InChI is InChI=1S/C13H28N2/c1-3-12(2)15-13(11-14)9-7-5-4-6-8-10-13/h12,15H,3-11,14H2,1-2H3. The summed E-state index contributed by atoms with van der Waals surface area (Å²) in [6, 6.07) is 0.605. The molecule has 2 heteroatoms. The first-order valence-corrected chi connectivity index (χ1v) is 6.70. The highest BCUT2D eigenvalue weighted by Crippen LogP contribution is 2.26. The summed E-state index contributed by atoms with van der Waals surface area (Å²) in [7, 11) is 0. The number of rotatable bonds is 4. The molecule has 0 bridgehead atoms. The largest absolute Gasteiger partial charge is 0.329 e. The molecular formula is C13H28N2. The third-order valence-electron chi connectivity index (χ3n) is 3.87. The second-order valence-corrected chi connectivity index (χ2v) is 5.21. The number of nitrogens with two attached hydrogens (primary N) is 1. The van der Waals surface area contributed by atoms with Gasteiger partial charge in [-0.1, -0.05) is 39.0 Å². The molecular weight excluding hydrogens is 184 g/mol. The lowest BCUT2D eigenvalue weighted by Gasteiger charge is -2.38. The molecule has 0 aromatic carbocycles. The van der Waals surface area contributed by atoms with E-state index in [9.17, 15) is 0 Å². The van der Waals surface area contributed by atoms with Gasteiger partial charge in [0.1, 0.15) is 0 Å². The highest BCUT2D eigenvalue weighted by Gasteiger charge is 2.29. The van der Waals surface area contributed by atoms with Crippen LogP contribution >= 0.6 is 0 Å². The normalized spacial score (nSPS) is 24.2. The fourth-order valence-electron chi connectivity index (χ4n) is 2.61. The first-order valence-electron chi connectivity index (χ1n) is 6.70. The van der Waals surface area contributed by atoms with Crippen LogP contribution < -0.4 is 11.1 Å². The third-order valence-corrected chi connectivity index (χ3v) is 3.87. The first-order chi connectivity index (χ1) is 7.22. The van der Waals surface area contributed by atoms with Crippen LogP contribution in [0.4, 0.5) is 0 Å². The van der Waals surface area contributed by atoms with Gasteiger partial charge in [0, 0.05) is 18.1 Å². The fraction of sp³-hybridized carbons (Fsp3) is 1.00. The van der Waals surface area contributed by atoms with E-state index in [1.54, 1.807) is 0 Å². The van der Waals surface area contributed by atoms with Crippen LogP contribution in [-0.4, -0.2) is 18.1 Å². The molecule has 0 spiro atoms. The maximum Gasteiger partial charge on any atom is 0.0306 e. The molecule has 1 aliphatic rings. The van der Waals surface area contributed by atoms with Crippen molar-refractivity contribution in [1.29, 1.82) is 0 Å². The minimum Gasteiger partial charge on any atom is -0.329 e. The molecule has 1 atom stereocenters. The summed E-state index contributed by atoms with van der Waals surface area (Å²) in [4.78, 5) is 0. The molecule has 0 aromatic heterocycles. The van der Waals surface area contributed by atoms with E-state index in [1.807, 2.05) is 0 Å². The minimum absolute atomic E-state index is 0.246. The molecule has 1 saturated carbocycles. The van der Waals surface area contributed by atoms with Gasteiger partial charge in [-0.05, 0) is 26.2 Å². The van der Waals surface area contributed by atoms with Gasteiger partial charge in [0.15, 0.2) is 0 Å². The SMILES string of the molecule is CCC(C)NC1(CN)CCCCCCC1. The van der Waals surface area contributed by atoms with Gasteiger partial charge in [0.05, 0.1) is 0 Å². The Labute approximate surface area is 95.0 Å². The van der Waals surface area contributed by atoms with Crippen molar-refractivity contribution < 1.29 is 0 Å². The Morgan fingerprint density at radius 2 is 1.67 bits per heavy atom. The molecule has 0 aliphatic heterocycles. The smallest absolute Gasteiger partial charge is 0.0306 e. The highest BCUT2D eigenvalue weighted by atomic mass is 15.0. The average molecular weight is 212 g/mol. The first kappa shape index (κ1) is 13.0. The van der Waals surface area contributed by atoms with Gasteiger partial charge in [-0.15, -0.1) is 0 Å². The van der Waals surface area contributed by atoms with Crippen molar-refractivity contribution in [3.63, 3.8) is 0 Å². The van der Waals surface area contributed by atoms with Crippen molar-refractivity contribution in [3.8, 4) is 0 Å². The second kappa shape index (κ2) is 6.49. The van der Waals surface area contributed by atoms with Crippen LogP contribution in [-0.2, 0) is 0 Å². The van der Waals surface area contributed by atoms with Gasteiger partial charge in [-0.25, -0.2) is 0 Å². The topological polar surface area (TPSA) is 38.0 Å². The summed E-state index contributed by atoms with van der Waals surface area (Å²) in [5.41, 5.74) is 6.25. The van der Waals surface area contributed by atoms with Crippen LogP contribution in [0.5, 0.6) is 0 Å². The molecule has 0 radical (unpaired) electrons. The Balaban J connectivity index is 2.53. The summed E-state index contributed by atoms with van der Waals surface area (Å²) in [5, 5.41) is 3.77. The lowest BCUT2D eigenvalue weighted by Crippen LogP contribution is -2.54. The van der Waals surface area contributed by atoms with Crippen molar-refractivity contribution in [1.82, 2.24) is 5.32 Å². The Hall–Kier alpha value is -0.0800. The van der Waals surface area contributed by atoms with E-state index in [4.69, 9.17) is 5.73 Å². The van der Waals surface area contributed by atoms with Gasteiger partial charge >= 0.3 is 0 Å². The molecule has 0 amide bonds. The molecule has 1 rings (SSSR count). The average Bonchev–Trinajstić information content (AvgIpc) is 2.22. The molecule has 0 aromatic rings. The highest BCUT2D eigenvalue weighted by molar-refractivity contribution is 4.91. The molecule has 15 heavy (non-hydrogen) atoms. The molecule has 2 nitrogen and oxygen atoms in total. The van der Waals surface area contributed by atoms with Crippen LogP contribution in [0, 0.1) is 0 Å². The van der Waals surface area contributed by atoms with Crippen molar-refractivity contribution in [2.24, 2.45) is 5.73 Å². The molecule has 3 N–H and O–H groups in total. The summed E-state index contributed by atoms with van der Waals surface area (Å²) < 4.78 is 0. The number of hydrogen-bond donors (Lipinski definition) is 2. The lowest BCUT2D eigenvalue weighted by atomic mass is 9.83. The molecule has 1 aliphatic carbocycles. The fourth-order valence-corrected chi connectivity index (χ4v) is 2.61. The van der Waals surface area contributed by atoms with E-state index in [0.717, 1.165) is 6.54 Å². The predicted molar refractivity (Wildman–Crippen MR) is 67.0 cm³/mol. The predicted octanol–water partition coefficient (Wildman–Crippen LogP) is 2.82. The quantitative estimate of drug-likeness (QED) is 0.752. The van der Waals surface area contributed by atoms with Crippen molar-refractivity contribution in [3.05, 3.63) is 0 Å². The van der Waals surface area contributed by atoms with Crippen molar-refractivity contribution in [2.45, 2.75) is 76.8 Å². The Morgan fingerprint density at radius 1 is 1.13 bits per heavy atom. The van der Waals surface area contributed by atoms with E-state index >= 15 is 0 Å². The molecule has 0 saturated heterocycles. The van der Waals surface area contributed by atoms with E-state index in [1.165, 1.54) is 51.4 Å². The molecule has 0 heterocycles. The van der Waals surface area contributed by atoms with E-state index in [2.05, 4.69) is 19.2 Å². The minimum atomic E-state index is 0.246. The van der Waals surface area contributed by atoms with E-state index in [-0.39, 0.29) is 5.54 Å². The zero-order valence-corrected chi connectivity index (χ0v) is 10.5. The number of hydrogen-bond acceptors (Lipinski definition) is 2. The van der Waals surface area contributed by atoms with Crippen LogP contribution in [0.25, 0.3) is 0 Å². The maximum absolute atomic E-state index is 6.00. The maximum atomic E-state index is 6.00. The van der Waals surface area contributed by atoms with E-state index in [0.29, 0.717) is 6.04 Å². The summed E-state index contributed by atoms with van der Waals surface area (Å²) in [6.45, 7) is 5.32. The molecule has 90 valence electrons. The van der Waals surface area contributed by atoms with Gasteiger partial charge in [0.2, 0.25) is 0 Å². The lowest BCUT2D eigenvalue weighted by molar-refractivity contribution is 0.232. The molecule has 1 unspecified atom stereocenters. The Kier molecular flexibility index (Phi) is 5.62. The Morgan fingerprint density at radius 3 is 2.13 bits per heavy atom. The zero-order valence-electron chi connectivity index (χ0n) is 10.5. The third kappa shape index (κ3) is 4.12. The second-order valence-electron chi connectivity index (χ2n) is 5.21. The monoisotopic (exact) mass is 212 g/mol. The van der Waals surface area contributed by atoms with Gasteiger partial charge in [-0.3, -0.25) is 0 Å². The van der Waals surface area contributed by atoms with Crippen LogP contribution in [0.3, 0.4) is 0 Å². The molecule has 1 fully saturated rings. The number of nitrogens with one attached hydrogen (secondary N) is 1. The zero-order chi connectivity index (χ0) is 11.1. The van der Waals surface area contributed by atoms with Crippen molar-refractivity contribution >= 4 is 0 Å². The van der Waals surface area contributed by atoms with Crippen LogP contribution in [0.1, 0.15) is 65.2 Å². The summed E-state index contributed by atoms with van der Waals surface area (Å²) in [5.74, 6) is 0. The van der Waals surface area contributed by atoms with Crippen molar-refractivity contribution in [2.75, 3.05) is 6.54 Å².